The summed E-state index contributed by atoms with van der Waals surface area (Å²) in [5.74, 6) is -0.355. The van der Waals surface area contributed by atoms with Crippen molar-refractivity contribution < 1.29 is 14.4 Å². The second-order valence-electron chi connectivity index (χ2n) is 7.93. The second kappa shape index (κ2) is 7.35. The van der Waals surface area contributed by atoms with Crippen LogP contribution in [0.1, 0.15) is 42.4 Å². The van der Waals surface area contributed by atoms with Crippen molar-refractivity contribution in [3.8, 4) is 0 Å². The molecule has 2 aliphatic heterocycles. The normalized spacial score (nSPS) is 26.1. The summed E-state index contributed by atoms with van der Waals surface area (Å²) in [7, 11) is 0. The number of likely N-dealkylation sites (tertiary alicyclic amines) is 2. The fraction of sp³-hybridized carbons (Fsp3) is 0.429. The van der Waals surface area contributed by atoms with Crippen molar-refractivity contribution >= 4 is 17.7 Å². The molecule has 3 heterocycles. The molecular weight excluding hydrogens is 370 g/mol. The number of carbonyl (C=O) groups is 3. The quantitative estimate of drug-likeness (QED) is 0.820. The average Bonchev–Trinajstić information content (AvgIpc) is 3.33. The van der Waals surface area contributed by atoms with Crippen LogP contribution in [0.5, 0.6) is 0 Å². The van der Waals surface area contributed by atoms with Gasteiger partial charge in [-0.15, -0.1) is 0 Å². The number of hydrogen-bond donors (Lipinski definition) is 2. The van der Waals surface area contributed by atoms with E-state index in [1.807, 2.05) is 35.2 Å². The number of aromatic amines is 1. The summed E-state index contributed by atoms with van der Waals surface area (Å²) in [4.78, 5) is 41.1. The number of nitrogens with zero attached hydrogens (tertiary/aromatic N) is 3. The molecule has 4 rings (SSSR count). The van der Waals surface area contributed by atoms with Gasteiger partial charge in [-0.2, -0.15) is 5.10 Å². The maximum Gasteiger partial charge on any atom is 0.272 e. The molecule has 2 fully saturated rings. The molecule has 0 aliphatic carbocycles. The largest absolute Gasteiger partial charge is 0.347 e. The maximum absolute atomic E-state index is 13.3. The molecule has 2 aromatic rings. The van der Waals surface area contributed by atoms with Crippen LogP contribution in [0.3, 0.4) is 0 Å². The van der Waals surface area contributed by atoms with Crippen LogP contribution in [0.15, 0.2) is 42.6 Å². The molecule has 152 valence electrons. The van der Waals surface area contributed by atoms with E-state index in [0.717, 1.165) is 5.56 Å². The molecule has 0 saturated carbocycles. The zero-order valence-electron chi connectivity index (χ0n) is 16.6. The van der Waals surface area contributed by atoms with Crippen LogP contribution >= 0.6 is 0 Å². The minimum Gasteiger partial charge on any atom is -0.347 e. The van der Waals surface area contributed by atoms with Gasteiger partial charge in [0.2, 0.25) is 11.8 Å². The van der Waals surface area contributed by atoms with Crippen LogP contribution in [0, 0.1) is 5.92 Å². The van der Waals surface area contributed by atoms with Crippen molar-refractivity contribution in [1.82, 2.24) is 25.3 Å². The van der Waals surface area contributed by atoms with Crippen molar-refractivity contribution in [2.75, 3.05) is 19.6 Å². The summed E-state index contributed by atoms with van der Waals surface area (Å²) >= 11 is 0. The van der Waals surface area contributed by atoms with Gasteiger partial charge < -0.3 is 15.1 Å². The van der Waals surface area contributed by atoms with Crippen molar-refractivity contribution in [2.45, 2.75) is 31.8 Å². The molecule has 8 nitrogen and oxygen atoms in total. The van der Waals surface area contributed by atoms with E-state index in [-0.39, 0.29) is 29.7 Å². The molecule has 1 aromatic carbocycles. The first-order valence-corrected chi connectivity index (χ1v) is 9.81. The molecule has 0 bridgehead atoms. The summed E-state index contributed by atoms with van der Waals surface area (Å²) in [6.45, 7) is 4.35. The first kappa shape index (κ1) is 19.2. The molecule has 2 N–H and O–H groups in total. The third kappa shape index (κ3) is 3.39. The van der Waals surface area contributed by atoms with E-state index in [9.17, 15) is 14.4 Å². The lowest BCUT2D eigenvalue weighted by molar-refractivity contribution is -0.134. The first-order chi connectivity index (χ1) is 13.9. The van der Waals surface area contributed by atoms with Crippen LogP contribution in [-0.4, -0.2) is 62.9 Å². The predicted molar refractivity (Wildman–Crippen MR) is 106 cm³/mol. The Labute approximate surface area is 169 Å². The Morgan fingerprint density at radius 2 is 1.90 bits per heavy atom. The summed E-state index contributed by atoms with van der Waals surface area (Å²) < 4.78 is 0. The summed E-state index contributed by atoms with van der Waals surface area (Å²) in [5, 5.41) is 9.78. The van der Waals surface area contributed by atoms with Crippen molar-refractivity contribution in [3.63, 3.8) is 0 Å². The summed E-state index contributed by atoms with van der Waals surface area (Å²) in [6, 6.07) is 11.3. The van der Waals surface area contributed by atoms with E-state index in [0.29, 0.717) is 31.7 Å². The van der Waals surface area contributed by atoms with Gasteiger partial charge >= 0.3 is 0 Å². The average molecular weight is 395 g/mol. The molecule has 0 radical (unpaired) electrons. The molecule has 3 amide bonds. The Hall–Kier alpha value is -3.16. The Morgan fingerprint density at radius 3 is 2.52 bits per heavy atom. The van der Waals surface area contributed by atoms with E-state index in [2.05, 4.69) is 15.5 Å². The SMILES string of the molecule is CC(=O)N[C@@]12CN(C(C)=O)CC[C@@H]1[C@@H](c1ccccc1)N(C(=O)c1ccn[nH]1)C2. The number of fused-ring (bicyclic) bond motifs is 1. The number of aromatic nitrogens is 2. The van der Waals surface area contributed by atoms with Crippen molar-refractivity contribution in [1.29, 1.82) is 0 Å². The van der Waals surface area contributed by atoms with E-state index < -0.39 is 5.54 Å². The minimum absolute atomic E-state index is 0.00345. The molecule has 3 atom stereocenters. The van der Waals surface area contributed by atoms with Gasteiger partial charge in [-0.1, -0.05) is 30.3 Å². The molecule has 0 spiro atoms. The fourth-order valence-corrected chi connectivity index (χ4v) is 4.94. The van der Waals surface area contributed by atoms with Crippen LogP contribution in [-0.2, 0) is 9.59 Å². The number of carbonyl (C=O) groups excluding carboxylic acids is 3. The number of H-pyrrole nitrogens is 1. The number of nitrogens with one attached hydrogen (secondary N) is 2. The molecule has 29 heavy (non-hydrogen) atoms. The van der Waals surface area contributed by atoms with E-state index in [1.54, 1.807) is 24.1 Å². The third-order valence-electron chi connectivity index (χ3n) is 6.07. The Morgan fingerprint density at radius 1 is 1.14 bits per heavy atom. The summed E-state index contributed by atoms with van der Waals surface area (Å²) in [5.41, 5.74) is 0.742. The zero-order chi connectivity index (χ0) is 20.6. The van der Waals surface area contributed by atoms with Crippen LogP contribution < -0.4 is 5.32 Å². The summed E-state index contributed by atoms with van der Waals surface area (Å²) in [6.07, 6.45) is 2.25. The number of amides is 3. The molecule has 2 saturated heterocycles. The number of benzene rings is 1. The lowest BCUT2D eigenvalue weighted by atomic mass is 9.75. The Kier molecular flexibility index (Phi) is 4.86. The minimum atomic E-state index is -0.689. The van der Waals surface area contributed by atoms with E-state index >= 15 is 0 Å². The van der Waals surface area contributed by atoms with Crippen LogP contribution in [0.4, 0.5) is 0 Å². The third-order valence-corrected chi connectivity index (χ3v) is 6.07. The van der Waals surface area contributed by atoms with Gasteiger partial charge in [0.05, 0.1) is 11.6 Å². The standard InChI is InChI=1S/C21H25N5O3/c1-14(27)23-21-12-25(15(2)28)11-9-17(21)19(16-6-4-3-5-7-16)26(13-21)20(29)18-8-10-22-24-18/h3-8,10,17,19H,9,11-13H2,1-2H3,(H,22,24)(H,23,27)/t17-,19-,21-/m1/s1. The molecule has 0 unspecified atom stereocenters. The van der Waals surface area contributed by atoms with Gasteiger partial charge in [-0.3, -0.25) is 19.5 Å². The second-order valence-corrected chi connectivity index (χ2v) is 7.93. The van der Waals surface area contributed by atoms with Gasteiger partial charge in [-0.25, -0.2) is 0 Å². The highest BCUT2D eigenvalue weighted by molar-refractivity contribution is 5.93. The number of hydrogen-bond acceptors (Lipinski definition) is 4. The van der Waals surface area contributed by atoms with Gasteiger partial charge in [-0.05, 0) is 18.1 Å². The Balaban J connectivity index is 1.79. The highest BCUT2D eigenvalue weighted by atomic mass is 16.2. The van der Waals surface area contributed by atoms with Gasteiger partial charge in [0, 0.05) is 45.6 Å². The zero-order valence-corrected chi connectivity index (χ0v) is 16.6. The fourth-order valence-electron chi connectivity index (χ4n) is 4.94. The first-order valence-electron chi connectivity index (χ1n) is 9.81. The molecule has 1 aromatic heterocycles. The monoisotopic (exact) mass is 395 g/mol. The highest BCUT2D eigenvalue weighted by Crippen LogP contribution is 2.48. The molecule has 2 aliphatic rings. The van der Waals surface area contributed by atoms with Gasteiger partial charge in [0.25, 0.3) is 5.91 Å². The number of rotatable bonds is 3. The van der Waals surface area contributed by atoms with Crippen molar-refractivity contribution in [3.05, 3.63) is 53.9 Å². The van der Waals surface area contributed by atoms with Gasteiger partial charge in [0.1, 0.15) is 5.69 Å². The smallest absolute Gasteiger partial charge is 0.272 e. The van der Waals surface area contributed by atoms with Crippen LogP contribution in [0.2, 0.25) is 0 Å². The van der Waals surface area contributed by atoms with Crippen molar-refractivity contribution in [2.24, 2.45) is 5.92 Å². The Bertz CT molecular complexity index is 914. The highest BCUT2D eigenvalue weighted by Gasteiger charge is 2.57. The van der Waals surface area contributed by atoms with Crippen LogP contribution in [0.25, 0.3) is 0 Å². The topological polar surface area (TPSA) is 98.4 Å². The van der Waals surface area contributed by atoms with Gasteiger partial charge in [0.15, 0.2) is 0 Å². The number of piperidine rings is 1. The lowest BCUT2D eigenvalue weighted by Crippen LogP contribution is -2.64. The van der Waals surface area contributed by atoms with E-state index in [4.69, 9.17) is 0 Å². The lowest BCUT2D eigenvalue weighted by Gasteiger charge is -2.45. The molecule has 8 heteroatoms. The van der Waals surface area contributed by atoms with E-state index in [1.165, 1.54) is 6.92 Å². The molecular formula is C21H25N5O3. The predicted octanol–water partition coefficient (Wildman–Crippen LogP) is 1.35. The maximum atomic E-state index is 13.3.